The molecule has 3 heterocycles. The second kappa shape index (κ2) is 13.0. The van der Waals surface area contributed by atoms with E-state index < -0.39 is 0 Å². The smallest absolute Gasteiger partial charge is 0.164 e. The van der Waals surface area contributed by atoms with Gasteiger partial charge < -0.3 is 8.98 Å². The number of rotatable bonds is 6. The molecule has 5 nitrogen and oxygen atoms in total. The van der Waals surface area contributed by atoms with E-state index in [1.807, 2.05) is 72.8 Å². The maximum Gasteiger partial charge on any atom is 0.164 e. The first-order valence-electron chi connectivity index (χ1n) is 18.8. The van der Waals surface area contributed by atoms with Gasteiger partial charge in [0.15, 0.2) is 17.5 Å². The number of fused-ring (bicyclic) bond motifs is 6. The SMILES string of the molecule is c1ccc(-c2nc(-c3ccccc3)nc(-c3ccc(-c4ccccc4)c(-n4c5ccccc5c5cc(-c6cccc7oc8ccccc8c67)ccc54)c3)n2)cc1. The summed E-state index contributed by atoms with van der Waals surface area (Å²) in [6.45, 7) is 0. The molecule has 0 saturated carbocycles. The van der Waals surface area contributed by atoms with Crippen LogP contribution < -0.4 is 0 Å². The van der Waals surface area contributed by atoms with Crippen molar-refractivity contribution in [2.45, 2.75) is 0 Å². The fourth-order valence-electron chi connectivity index (χ4n) is 8.07. The lowest BCUT2D eigenvalue weighted by atomic mass is 9.98. The Labute approximate surface area is 322 Å². The third-order valence-corrected chi connectivity index (χ3v) is 10.7. The first-order chi connectivity index (χ1) is 27.8. The van der Waals surface area contributed by atoms with Crippen LogP contribution in [0.4, 0.5) is 0 Å². The van der Waals surface area contributed by atoms with Crippen LogP contribution in [-0.4, -0.2) is 19.5 Å². The summed E-state index contributed by atoms with van der Waals surface area (Å²) >= 11 is 0. The number of furan rings is 1. The maximum absolute atomic E-state index is 6.28. The Bertz CT molecular complexity index is 3180. The van der Waals surface area contributed by atoms with E-state index in [4.69, 9.17) is 19.4 Å². The summed E-state index contributed by atoms with van der Waals surface area (Å²) in [5.41, 5.74) is 12.3. The molecule has 0 radical (unpaired) electrons. The first kappa shape index (κ1) is 31.9. The van der Waals surface area contributed by atoms with E-state index in [0.717, 1.165) is 77.6 Å². The molecule has 0 aliphatic carbocycles. The molecule has 0 amide bonds. The molecule has 0 spiro atoms. The predicted octanol–water partition coefficient (Wildman–Crippen LogP) is 13.2. The molecule has 56 heavy (non-hydrogen) atoms. The predicted molar refractivity (Wildman–Crippen MR) is 229 cm³/mol. The number of benzene rings is 8. The highest BCUT2D eigenvalue weighted by Gasteiger charge is 2.20. The summed E-state index contributed by atoms with van der Waals surface area (Å²) in [6.07, 6.45) is 0. The van der Waals surface area contributed by atoms with Crippen LogP contribution in [0, 0.1) is 0 Å². The Kier molecular flexibility index (Phi) is 7.42. The van der Waals surface area contributed by atoms with E-state index in [-0.39, 0.29) is 0 Å². The van der Waals surface area contributed by atoms with Gasteiger partial charge in [-0.3, -0.25) is 0 Å². The fraction of sp³-hybridized carbons (Fsp3) is 0. The minimum atomic E-state index is 0.613. The summed E-state index contributed by atoms with van der Waals surface area (Å²) in [5, 5.41) is 4.60. The molecule has 0 aliphatic heterocycles. The van der Waals surface area contributed by atoms with Gasteiger partial charge in [0.2, 0.25) is 0 Å². The number of aromatic nitrogens is 4. The van der Waals surface area contributed by atoms with Gasteiger partial charge in [-0.15, -0.1) is 0 Å². The average Bonchev–Trinajstić information content (AvgIpc) is 3.83. The van der Waals surface area contributed by atoms with Crippen molar-refractivity contribution in [1.82, 2.24) is 19.5 Å². The molecule has 3 aromatic heterocycles. The van der Waals surface area contributed by atoms with Crippen molar-refractivity contribution >= 4 is 43.7 Å². The lowest BCUT2D eigenvalue weighted by Crippen LogP contribution is -2.02. The highest BCUT2D eigenvalue weighted by molar-refractivity contribution is 6.15. The van der Waals surface area contributed by atoms with Crippen LogP contribution in [-0.2, 0) is 0 Å². The highest BCUT2D eigenvalue weighted by Crippen LogP contribution is 2.42. The van der Waals surface area contributed by atoms with Gasteiger partial charge in [-0.1, -0.05) is 158 Å². The molecule has 0 N–H and O–H groups in total. The van der Waals surface area contributed by atoms with Gasteiger partial charge in [-0.25, -0.2) is 15.0 Å². The molecule has 0 bridgehead atoms. The second-order valence-corrected chi connectivity index (χ2v) is 14.0. The number of hydrogen-bond donors (Lipinski definition) is 0. The normalized spacial score (nSPS) is 11.6. The van der Waals surface area contributed by atoms with Crippen LogP contribution in [0.5, 0.6) is 0 Å². The number of nitrogens with zero attached hydrogens (tertiary/aromatic N) is 4. The van der Waals surface area contributed by atoms with Gasteiger partial charge in [0.1, 0.15) is 11.2 Å². The van der Waals surface area contributed by atoms with Crippen LogP contribution >= 0.6 is 0 Å². The maximum atomic E-state index is 6.28. The van der Waals surface area contributed by atoms with Crippen LogP contribution in [0.2, 0.25) is 0 Å². The summed E-state index contributed by atoms with van der Waals surface area (Å²) in [7, 11) is 0. The molecular formula is C51H32N4O. The zero-order valence-electron chi connectivity index (χ0n) is 30.2. The summed E-state index contributed by atoms with van der Waals surface area (Å²) in [6, 6.07) is 67.5. The summed E-state index contributed by atoms with van der Waals surface area (Å²) < 4.78 is 8.68. The van der Waals surface area contributed by atoms with Crippen molar-refractivity contribution in [2.75, 3.05) is 0 Å². The Morgan fingerprint density at radius 3 is 1.61 bits per heavy atom. The molecule has 262 valence electrons. The molecule has 5 heteroatoms. The minimum Gasteiger partial charge on any atom is -0.456 e. The van der Waals surface area contributed by atoms with Crippen molar-refractivity contribution in [3.63, 3.8) is 0 Å². The second-order valence-electron chi connectivity index (χ2n) is 14.0. The average molecular weight is 717 g/mol. The van der Waals surface area contributed by atoms with E-state index in [9.17, 15) is 0 Å². The Morgan fingerprint density at radius 1 is 0.339 bits per heavy atom. The van der Waals surface area contributed by atoms with E-state index in [1.54, 1.807) is 0 Å². The third kappa shape index (κ3) is 5.29. The molecule has 0 fully saturated rings. The molecule has 0 aliphatic rings. The van der Waals surface area contributed by atoms with Gasteiger partial charge in [-0.2, -0.15) is 0 Å². The Hall–Kier alpha value is -7.63. The largest absolute Gasteiger partial charge is 0.456 e. The molecule has 0 unspecified atom stereocenters. The van der Waals surface area contributed by atoms with E-state index in [0.29, 0.717) is 17.5 Å². The lowest BCUT2D eigenvalue weighted by molar-refractivity contribution is 0.669. The third-order valence-electron chi connectivity index (χ3n) is 10.7. The summed E-state index contributed by atoms with van der Waals surface area (Å²) in [4.78, 5) is 15.1. The topological polar surface area (TPSA) is 56.7 Å². The summed E-state index contributed by atoms with van der Waals surface area (Å²) in [5.74, 6) is 1.88. The van der Waals surface area contributed by atoms with Gasteiger partial charge in [0.05, 0.1) is 16.7 Å². The minimum absolute atomic E-state index is 0.613. The van der Waals surface area contributed by atoms with Crippen LogP contribution in [0.15, 0.2) is 199 Å². The number of para-hydroxylation sites is 2. The molecule has 11 rings (SSSR count). The van der Waals surface area contributed by atoms with Crippen LogP contribution in [0.1, 0.15) is 0 Å². The molecule has 11 aromatic rings. The van der Waals surface area contributed by atoms with E-state index >= 15 is 0 Å². The van der Waals surface area contributed by atoms with Crippen molar-refractivity contribution in [1.29, 1.82) is 0 Å². The van der Waals surface area contributed by atoms with Crippen molar-refractivity contribution < 1.29 is 4.42 Å². The van der Waals surface area contributed by atoms with Crippen molar-refractivity contribution in [3.8, 4) is 62.1 Å². The van der Waals surface area contributed by atoms with Crippen LogP contribution in [0.25, 0.3) is 106 Å². The number of hydrogen-bond acceptors (Lipinski definition) is 4. The Balaban J connectivity index is 1.15. The highest BCUT2D eigenvalue weighted by atomic mass is 16.3. The molecule has 0 saturated heterocycles. The van der Waals surface area contributed by atoms with Crippen molar-refractivity contribution in [2.24, 2.45) is 0 Å². The first-order valence-corrected chi connectivity index (χ1v) is 18.8. The van der Waals surface area contributed by atoms with E-state index in [1.165, 1.54) is 10.8 Å². The molecule has 0 atom stereocenters. The molecule has 8 aromatic carbocycles. The van der Waals surface area contributed by atoms with Gasteiger partial charge in [0.25, 0.3) is 0 Å². The molecular weight excluding hydrogens is 685 g/mol. The lowest BCUT2D eigenvalue weighted by Gasteiger charge is -2.16. The van der Waals surface area contributed by atoms with E-state index in [2.05, 4.69) is 126 Å². The fourth-order valence-corrected chi connectivity index (χ4v) is 8.07. The Morgan fingerprint density at radius 2 is 0.893 bits per heavy atom. The zero-order chi connectivity index (χ0) is 37.0. The van der Waals surface area contributed by atoms with Gasteiger partial charge >= 0.3 is 0 Å². The van der Waals surface area contributed by atoms with Crippen molar-refractivity contribution in [3.05, 3.63) is 194 Å². The monoisotopic (exact) mass is 716 g/mol. The zero-order valence-corrected chi connectivity index (χ0v) is 30.2. The van der Waals surface area contributed by atoms with Gasteiger partial charge in [-0.05, 0) is 53.1 Å². The standard InChI is InChI=1S/C51H32N4O/c1-4-15-33(16-5-1)38-29-27-37(51-53-49(34-17-6-2-7-18-34)52-50(54-51)35-19-8-3-9-20-35)32-45(38)55-43-24-12-10-21-40(43)42-31-36(28-30-44(42)55)39-23-14-26-47-48(39)41-22-11-13-25-46(41)56-47/h1-32H. The quantitative estimate of drug-likeness (QED) is 0.172. The van der Waals surface area contributed by atoms with Gasteiger partial charge in [0, 0.05) is 43.8 Å². The van der Waals surface area contributed by atoms with Crippen LogP contribution in [0.3, 0.4) is 0 Å².